The summed E-state index contributed by atoms with van der Waals surface area (Å²) in [5.74, 6) is -0.811. The zero-order chi connectivity index (χ0) is 22.7. The number of aliphatic hydroxyl groups is 1. The van der Waals surface area contributed by atoms with E-state index in [4.69, 9.17) is 4.74 Å². The molecule has 0 spiro atoms. The van der Waals surface area contributed by atoms with Crippen molar-refractivity contribution in [2.75, 3.05) is 27.2 Å². The Morgan fingerprint density at radius 2 is 2.00 bits per heavy atom. The largest absolute Gasteiger partial charge is 0.507 e. The van der Waals surface area contributed by atoms with Gasteiger partial charge in [0, 0.05) is 31.0 Å². The molecule has 2 heterocycles. The van der Waals surface area contributed by atoms with Crippen LogP contribution in [0.15, 0.2) is 48.3 Å². The highest BCUT2D eigenvalue weighted by atomic mass is 16.5. The van der Waals surface area contributed by atoms with Crippen molar-refractivity contribution in [3.63, 3.8) is 0 Å². The van der Waals surface area contributed by atoms with Crippen molar-refractivity contribution >= 4 is 17.4 Å². The average Bonchev–Trinajstić information content (AvgIpc) is 2.96. The maximum absolute atomic E-state index is 13.0. The minimum Gasteiger partial charge on any atom is -0.507 e. The van der Waals surface area contributed by atoms with Gasteiger partial charge in [-0.3, -0.25) is 14.6 Å². The maximum atomic E-state index is 13.0. The van der Waals surface area contributed by atoms with Gasteiger partial charge in [0.2, 0.25) is 0 Å². The van der Waals surface area contributed by atoms with Gasteiger partial charge in [0.25, 0.3) is 11.7 Å². The number of ether oxygens (including phenoxy) is 1. The molecule has 0 bridgehead atoms. The smallest absolute Gasteiger partial charge is 0.295 e. The second-order valence-electron chi connectivity index (χ2n) is 8.23. The molecule has 0 aliphatic carbocycles. The highest BCUT2D eigenvalue weighted by Gasteiger charge is 2.46. The van der Waals surface area contributed by atoms with E-state index < -0.39 is 17.7 Å². The standard InChI is InChI=1S/C24H29N3O4/c1-15(2)31-18-8-9-19(16(3)13-18)22(28)20-21(17-7-6-10-25-14-17)27(12-11-26(4)5)24(30)23(20)29/h6-10,13-15,21,28H,11-12H2,1-5H3. The summed E-state index contributed by atoms with van der Waals surface area (Å²) in [6.45, 7) is 6.65. The number of Topliss-reactive ketones (excluding diaryl/α,β-unsaturated/α-hetero) is 1. The summed E-state index contributed by atoms with van der Waals surface area (Å²) in [5, 5.41) is 11.2. The van der Waals surface area contributed by atoms with E-state index in [9.17, 15) is 14.7 Å². The lowest BCUT2D eigenvalue weighted by Gasteiger charge is -2.26. The Hall–Kier alpha value is -3.19. The molecule has 1 amide bonds. The molecule has 7 heteroatoms. The number of carbonyl (C=O) groups is 2. The molecule has 1 aliphatic heterocycles. The normalized spacial score (nSPS) is 18.3. The molecular weight excluding hydrogens is 394 g/mol. The van der Waals surface area contributed by atoms with E-state index in [2.05, 4.69) is 4.98 Å². The van der Waals surface area contributed by atoms with Crippen LogP contribution in [0.3, 0.4) is 0 Å². The van der Waals surface area contributed by atoms with Gasteiger partial charge in [-0.25, -0.2) is 0 Å². The molecule has 3 rings (SSSR count). The van der Waals surface area contributed by atoms with Gasteiger partial charge in [-0.15, -0.1) is 0 Å². The molecule has 1 saturated heterocycles. The summed E-state index contributed by atoms with van der Waals surface area (Å²) < 4.78 is 5.72. The van der Waals surface area contributed by atoms with Crippen LogP contribution in [-0.4, -0.2) is 64.9 Å². The number of aliphatic hydroxyl groups excluding tert-OH is 1. The molecule has 1 aliphatic rings. The predicted octanol–water partition coefficient (Wildman–Crippen LogP) is 3.16. The van der Waals surface area contributed by atoms with Crippen LogP contribution in [0.5, 0.6) is 5.75 Å². The van der Waals surface area contributed by atoms with Crippen molar-refractivity contribution in [3.8, 4) is 5.75 Å². The quantitative estimate of drug-likeness (QED) is 0.418. The summed E-state index contributed by atoms with van der Waals surface area (Å²) in [7, 11) is 3.81. The third kappa shape index (κ3) is 4.77. The minimum absolute atomic E-state index is 0.0199. The van der Waals surface area contributed by atoms with Gasteiger partial charge in [0.05, 0.1) is 17.7 Å². The highest BCUT2D eigenvalue weighted by molar-refractivity contribution is 6.46. The monoisotopic (exact) mass is 423 g/mol. The molecule has 1 unspecified atom stereocenters. The first-order chi connectivity index (χ1) is 14.7. The van der Waals surface area contributed by atoms with Crippen LogP contribution >= 0.6 is 0 Å². The first kappa shape index (κ1) is 22.5. The number of carbonyl (C=O) groups excluding carboxylic acids is 2. The summed E-state index contributed by atoms with van der Waals surface area (Å²) in [4.78, 5) is 33.5. The van der Waals surface area contributed by atoms with E-state index in [1.54, 1.807) is 30.6 Å². The number of hydrogen-bond donors (Lipinski definition) is 1. The zero-order valence-electron chi connectivity index (χ0n) is 18.6. The Kier molecular flexibility index (Phi) is 6.75. The number of rotatable bonds is 7. The Morgan fingerprint density at radius 3 is 2.58 bits per heavy atom. The van der Waals surface area contributed by atoms with Gasteiger partial charge in [0.1, 0.15) is 11.5 Å². The number of benzene rings is 1. The molecule has 7 nitrogen and oxygen atoms in total. The Balaban J connectivity index is 2.10. The predicted molar refractivity (Wildman–Crippen MR) is 119 cm³/mol. The van der Waals surface area contributed by atoms with Gasteiger partial charge >= 0.3 is 0 Å². The average molecular weight is 424 g/mol. The minimum atomic E-state index is -0.695. The third-order valence-electron chi connectivity index (χ3n) is 5.15. The number of aryl methyl sites for hydroxylation is 1. The summed E-state index contributed by atoms with van der Waals surface area (Å²) in [5.41, 5.74) is 2.01. The van der Waals surface area contributed by atoms with E-state index >= 15 is 0 Å². The van der Waals surface area contributed by atoms with Gasteiger partial charge in [0.15, 0.2) is 0 Å². The van der Waals surface area contributed by atoms with Crippen molar-refractivity contribution in [1.29, 1.82) is 0 Å². The lowest BCUT2D eigenvalue weighted by atomic mass is 9.94. The fourth-order valence-electron chi connectivity index (χ4n) is 3.70. The van der Waals surface area contributed by atoms with Crippen LogP contribution in [0.1, 0.15) is 36.6 Å². The van der Waals surface area contributed by atoms with Crippen LogP contribution in [0.2, 0.25) is 0 Å². The second-order valence-corrected chi connectivity index (χ2v) is 8.23. The molecule has 1 aromatic carbocycles. The molecule has 2 aromatic rings. The third-order valence-corrected chi connectivity index (χ3v) is 5.15. The lowest BCUT2D eigenvalue weighted by molar-refractivity contribution is -0.140. The molecule has 0 saturated carbocycles. The molecule has 1 aromatic heterocycles. The Morgan fingerprint density at radius 1 is 1.26 bits per heavy atom. The number of pyridine rings is 1. The number of likely N-dealkylation sites (N-methyl/N-ethyl adjacent to an activating group) is 1. The van der Waals surface area contributed by atoms with Crippen molar-refractivity contribution < 1.29 is 19.4 Å². The van der Waals surface area contributed by atoms with Crippen molar-refractivity contribution in [3.05, 3.63) is 65.0 Å². The van der Waals surface area contributed by atoms with Crippen LogP contribution in [0.4, 0.5) is 0 Å². The molecule has 31 heavy (non-hydrogen) atoms. The van der Waals surface area contributed by atoms with E-state index in [0.29, 0.717) is 30.0 Å². The molecule has 164 valence electrons. The van der Waals surface area contributed by atoms with Crippen LogP contribution in [0, 0.1) is 6.92 Å². The van der Waals surface area contributed by atoms with E-state index in [1.165, 1.54) is 4.90 Å². The van der Waals surface area contributed by atoms with Crippen molar-refractivity contribution in [2.24, 2.45) is 0 Å². The van der Waals surface area contributed by atoms with Gasteiger partial charge in [-0.2, -0.15) is 0 Å². The summed E-state index contributed by atoms with van der Waals surface area (Å²) >= 11 is 0. The summed E-state index contributed by atoms with van der Waals surface area (Å²) in [6, 6.07) is 8.16. The number of hydrogen-bond acceptors (Lipinski definition) is 6. The van der Waals surface area contributed by atoms with Gasteiger partial charge in [-0.1, -0.05) is 6.07 Å². The van der Waals surface area contributed by atoms with Crippen LogP contribution in [-0.2, 0) is 9.59 Å². The van der Waals surface area contributed by atoms with Crippen molar-refractivity contribution in [2.45, 2.75) is 32.9 Å². The van der Waals surface area contributed by atoms with E-state index in [-0.39, 0.29) is 17.4 Å². The molecular formula is C24H29N3O4. The molecule has 1 N–H and O–H groups in total. The first-order valence-electron chi connectivity index (χ1n) is 10.3. The molecule has 0 radical (unpaired) electrons. The number of nitrogens with zero attached hydrogens (tertiary/aromatic N) is 3. The first-order valence-corrected chi connectivity index (χ1v) is 10.3. The van der Waals surface area contributed by atoms with Crippen LogP contribution in [0.25, 0.3) is 5.76 Å². The Bertz CT molecular complexity index is 999. The van der Waals surface area contributed by atoms with Crippen LogP contribution < -0.4 is 4.74 Å². The van der Waals surface area contributed by atoms with Gasteiger partial charge < -0.3 is 19.6 Å². The topological polar surface area (TPSA) is 83.0 Å². The number of ketones is 1. The Labute approximate surface area is 183 Å². The number of likely N-dealkylation sites (tertiary alicyclic amines) is 1. The number of amides is 1. The number of aromatic nitrogens is 1. The summed E-state index contributed by atoms with van der Waals surface area (Å²) in [6.07, 6.45) is 3.28. The van der Waals surface area contributed by atoms with E-state index in [0.717, 1.165) is 5.56 Å². The highest BCUT2D eigenvalue weighted by Crippen LogP contribution is 2.39. The second kappa shape index (κ2) is 9.31. The fraction of sp³-hybridized carbons (Fsp3) is 0.375. The van der Waals surface area contributed by atoms with Crippen molar-refractivity contribution in [1.82, 2.24) is 14.8 Å². The van der Waals surface area contributed by atoms with E-state index in [1.807, 2.05) is 51.9 Å². The SMILES string of the molecule is Cc1cc(OC(C)C)ccc1C(O)=C1C(=O)C(=O)N(CCN(C)C)C1c1cccnc1. The lowest BCUT2D eigenvalue weighted by Crippen LogP contribution is -2.35. The molecule has 1 fully saturated rings. The zero-order valence-corrected chi connectivity index (χ0v) is 18.6. The fourth-order valence-corrected chi connectivity index (χ4v) is 3.70. The molecule has 1 atom stereocenters. The van der Waals surface area contributed by atoms with Gasteiger partial charge in [-0.05, 0) is 70.3 Å². The maximum Gasteiger partial charge on any atom is 0.295 e.